The fourth-order valence-electron chi connectivity index (χ4n) is 1.77. The third kappa shape index (κ3) is 2.40. The van der Waals surface area contributed by atoms with Gasteiger partial charge in [-0.1, -0.05) is 0 Å². The summed E-state index contributed by atoms with van der Waals surface area (Å²) in [4.78, 5) is 16.7. The molecule has 1 atom stereocenters. The van der Waals surface area contributed by atoms with Gasteiger partial charge in [-0.15, -0.1) is 11.3 Å². The molecule has 0 spiro atoms. The first-order valence-corrected chi connectivity index (χ1v) is 6.06. The van der Waals surface area contributed by atoms with Crippen LogP contribution in [0.4, 0.5) is 5.13 Å². The van der Waals surface area contributed by atoms with Crippen molar-refractivity contribution in [2.75, 3.05) is 19.0 Å². The second-order valence-electron chi connectivity index (χ2n) is 3.74. The van der Waals surface area contributed by atoms with E-state index in [1.807, 2.05) is 0 Å². The van der Waals surface area contributed by atoms with Crippen LogP contribution in [-0.2, 0) is 22.4 Å². The number of nitrogens with zero attached hydrogens (tertiary/aromatic N) is 1. The summed E-state index contributed by atoms with van der Waals surface area (Å²) in [6.45, 7) is -0.00899. The number of aromatic nitrogens is 1. The second-order valence-corrected chi connectivity index (χ2v) is 4.83. The number of anilines is 1. The molecule has 1 aromatic rings. The highest BCUT2D eigenvalue weighted by molar-refractivity contribution is 7.15. The molecule has 0 aliphatic heterocycles. The number of nitrogens with two attached hydrogens (primary N) is 1. The van der Waals surface area contributed by atoms with Gasteiger partial charge in [0.25, 0.3) is 0 Å². The number of rotatable bonds is 3. The second kappa shape index (κ2) is 4.90. The first kappa shape index (κ1) is 11.5. The summed E-state index contributed by atoms with van der Waals surface area (Å²) in [6.07, 6.45) is 3.09. The number of carbonyl (C=O) groups excluding carboxylic acids is 1. The first-order chi connectivity index (χ1) is 7.72. The summed E-state index contributed by atoms with van der Waals surface area (Å²) in [5.41, 5.74) is 6.32. The Morgan fingerprint density at radius 3 is 3.25 bits per heavy atom. The van der Waals surface area contributed by atoms with Crippen LogP contribution in [0.3, 0.4) is 0 Å². The molecule has 0 fully saturated rings. The van der Waals surface area contributed by atoms with E-state index in [4.69, 9.17) is 10.5 Å². The van der Waals surface area contributed by atoms with E-state index < -0.39 is 0 Å². The standard InChI is InChI=1S/C10H15N3O2S/c1-15-6-2-3-7-8(4-6)16-10(12-7)13-9(14)5-11/h6H,2-5,11H2,1H3,(H,12,13,14). The van der Waals surface area contributed by atoms with Gasteiger partial charge in [0.1, 0.15) is 0 Å². The van der Waals surface area contributed by atoms with Crippen molar-refractivity contribution in [3.8, 4) is 0 Å². The van der Waals surface area contributed by atoms with Gasteiger partial charge in [-0.25, -0.2) is 4.98 Å². The number of ether oxygens (including phenoxy) is 1. The van der Waals surface area contributed by atoms with Crippen LogP contribution in [-0.4, -0.2) is 30.6 Å². The van der Waals surface area contributed by atoms with E-state index in [0.29, 0.717) is 5.13 Å². The maximum absolute atomic E-state index is 11.1. The van der Waals surface area contributed by atoms with Gasteiger partial charge >= 0.3 is 0 Å². The third-order valence-corrected chi connectivity index (χ3v) is 3.69. The van der Waals surface area contributed by atoms with E-state index in [9.17, 15) is 4.79 Å². The highest BCUT2D eigenvalue weighted by Crippen LogP contribution is 2.30. The Labute approximate surface area is 98.0 Å². The molecular weight excluding hydrogens is 226 g/mol. The van der Waals surface area contributed by atoms with Gasteiger partial charge in [-0.3, -0.25) is 4.79 Å². The smallest absolute Gasteiger partial charge is 0.239 e. The summed E-state index contributed by atoms with van der Waals surface area (Å²) in [6, 6.07) is 0. The van der Waals surface area contributed by atoms with Gasteiger partial charge in [-0.2, -0.15) is 0 Å². The maximum atomic E-state index is 11.1. The average Bonchev–Trinajstić information content (AvgIpc) is 2.69. The summed E-state index contributed by atoms with van der Waals surface area (Å²) in [5.74, 6) is -0.200. The van der Waals surface area contributed by atoms with E-state index in [-0.39, 0.29) is 18.6 Å². The highest BCUT2D eigenvalue weighted by Gasteiger charge is 2.22. The van der Waals surface area contributed by atoms with Crippen LogP contribution in [0.15, 0.2) is 0 Å². The minimum absolute atomic E-state index is 0.00899. The Hall–Kier alpha value is -0.980. The molecule has 0 radical (unpaired) electrons. The third-order valence-electron chi connectivity index (χ3n) is 2.66. The molecule has 1 aliphatic carbocycles. The zero-order valence-electron chi connectivity index (χ0n) is 9.16. The van der Waals surface area contributed by atoms with Crippen molar-refractivity contribution >= 4 is 22.4 Å². The summed E-state index contributed by atoms with van der Waals surface area (Å²) < 4.78 is 5.33. The van der Waals surface area contributed by atoms with Gasteiger partial charge in [-0.05, 0) is 12.8 Å². The molecule has 0 saturated carbocycles. The average molecular weight is 241 g/mol. The van der Waals surface area contributed by atoms with E-state index >= 15 is 0 Å². The monoisotopic (exact) mass is 241 g/mol. The van der Waals surface area contributed by atoms with Crippen LogP contribution in [0.5, 0.6) is 0 Å². The van der Waals surface area contributed by atoms with Gasteiger partial charge in [0.05, 0.1) is 18.3 Å². The maximum Gasteiger partial charge on any atom is 0.239 e. The molecule has 1 amide bonds. The molecule has 16 heavy (non-hydrogen) atoms. The van der Waals surface area contributed by atoms with Crippen molar-refractivity contribution in [2.45, 2.75) is 25.4 Å². The Kier molecular flexibility index (Phi) is 3.52. The number of fused-ring (bicyclic) bond motifs is 1. The predicted octanol–water partition coefficient (Wildman–Crippen LogP) is 0.544. The van der Waals surface area contributed by atoms with Crippen molar-refractivity contribution in [2.24, 2.45) is 5.73 Å². The number of nitrogens with one attached hydrogen (secondary N) is 1. The van der Waals surface area contributed by atoms with E-state index in [0.717, 1.165) is 25.0 Å². The molecule has 3 N–H and O–H groups in total. The zero-order valence-corrected chi connectivity index (χ0v) is 9.97. The summed E-state index contributed by atoms with van der Waals surface area (Å²) >= 11 is 1.52. The van der Waals surface area contributed by atoms with E-state index in [1.54, 1.807) is 7.11 Å². The summed E-state index contributed by atoms with van der Waals surface area (Å²) in [7, 11) is 1.73. The molecule has 2 rings (SSSR count). The number of hydrogen-bond donors (Lipinski definition) is 2. The van der Waals surface area contributed by atoms with Gasteiger partial charge < -0.3 is 15.8 Å². The van der Waals surface area contributed by atoms with Crippen molar-refractivity contribution in [1.29, 1.82) is 0 Å². The SMILES string of the molecule is COC1CCc2nc(NC(=O)CN)sc2C1. The Bertz CT molecular complexity index is 391. The lowest BCUT2D eigenvalue weighted by molar-refractivity contribution is -0.114. The molecular formula is C10H15N3O2S. The molecule has 5 nitrogen and oxygen atoms in total. The molecule has 1 aromatic heterocycles. The molecule has 0 saturated heterocycles. The number of thiazole rings is 1. The van der Waals surface area contributed by atoms with Crippen LogP contribution in [0.2, 0.25) is 0 Å². The van der Waals surface area contributed by atoms with Gasteiger partial charge in [0.2, 0.25) is 5.91 Å². The number of hydrogen-bond acceptors (Lipinski definition) is 5. The molecule has 88 valence electrons. The Balaban J connectivity index is 2.09. The minimum atomic E-state index is -0.200. The van der Waals surface area contributed by atoms with Crippen LogP contribution >= 0.6 is 11.3 Å². The zero-order chi connectivity index (χ0) is 11.5. The topological polar surface area (TPSA) is 77.2 Å². The molecule has 0 aromatic carbocycles. The fourth-order valence-corrected chi connectivity index (χ4v) is 2.86. The molecule has 1 unspecified atom stereocenters. The minimum Gasteiger partial charge on any atom is -0.381 e. The van der Waals surface area contributed by atoms with Crippen molar-refractivity contribution in [1.82, 2.24) is 4.98 Å². The molecule has 1 heterocycles. The van der Waals surface area contributed by atoms with Crippen molar-refractivity contribution < 1.29 is 9.53 Å². The number of methoxy groups -OCH3 is 1. The van der Waals surface area contributed by atoms with Crippen LogP contribution in [0.1, 0.15) is 17.0 Å². The number of aryl methyl sites for hydroxylation is 1. The predicted molar refractivity (Wildman–Crippen MR) is 62.6 cm³/mol. The number of amides is 1. The van der Waals surface area contributed by atoms with Crippen LogP contribution in [0.25, 0.3) is 0 Å². The van der Waals surface area contributed by atoms with E-state index in [1.165, 1.54) is 16.2 Å². The first-order valence-electron chi connectivity index (χ1n) is 5.24. The van der Waals surface area contributed by atoms with Gasteiger partial charge in [0.15, 0.2) is 5.13 Å². The van der Waals surface area contributed by atoms with E-state index in [2.05, 4.69) is 10.3 Å². The normalized spacial score (nSPS) is 19.2. The summed E-state index contributed by atoms with van der Waals surface area (Å²) in [5, 5.41) is 3.33. The number of carbonyl (C=O) groups is 1. The molecule has 1 aliphatic rings. The lowest BCUT2D eigenvalue weighted by atomic mass is 10.0. The van der Waals surface area contributed by atoms with Crippen molar-refractivity contribution in [3.63, 3.8) is 0 Å². The molecule has 0 bridgehead atoms. The highest BCUT2D eigenvalue weighted by atomic mass is 32.1. The lowest BCUT2D eigenvalue weighted by Gasteiger charge is -2.18. The van der Waals surface area contributed by atoms with Gasteiger partial charge in [0, 0.05) is 18.4 Å². The van der Waals surface area contributed by atoms with Crippen molar-refractivity contribution in [3.05, 3.63) is 10.6 Å². The fraction of sp³-hybridized carbons (Fsp3) is 0.600. The lowest BCUT2D eigenvalue weighted by Crippen LogP contribution is -2.21. The van der Waals surface area contributed by atoms with Crippen LogP contribution in [0, 0.1) is 0 Å². The van der Waals surface area contributed by atoms with Crippen LogP contribution < -0.4 is 11.1 Å². The molecule has 6 heteroatoms. The largest absolute Gasteiger partial charge is 0.381 e. The quantitative estimate of drug-likeness (QED) is 0.810. The Morgan fingerprint density at radius 1 is 1.75 bits per heavy atom. The Morgan fingerprint density at radius 2 is 2.56 bits per heavy atom.